The molecule has 0 aliphatic heterocycles. The predicted octanol–water partition coefficient (Wildman–Crippen LogP) is 2.43. The molecule has 0 radical (unpaired) electrons. The van der Waals surface area contributed by atoms with E-state index in [0.29, 0.717) is 34.5 Å². The third kappa shape index (κ3) is 3.63. The molecule has 0 fully saturated rings. The largest absolute Gasteiger partial charge is 0.465 e. The van der Waals surface area contributed by atoms with E-state index >= 15 is 0 Å². The molecule has 5 N–H and O–H groups in total. The van der Waals surface area contributed by atoms with E-state index in [2.05, 4.69) is 20.6 Å². The van der Waals surface area contributed by atoms with Crippen LogP contribution >= 0.6 is 0 Å². The number of primary amides is 1. The number of rotatable bonds is 5. The van der Waals surface area contributed by atoms with Crippen molar-refractivity contribution >= 4 is 34.4 Å². The average molecular weight is 337 g/mol. The Morgan fingerprint density at radius 1 is 1.12 bits per heavy atom. The number of hydrogen-bond acceptors (Lipinski definition) is 5. The summed E-state index contributed by atoms with van der Waals surface area (Å²) in [5, 5.41) is 14.9. The zero-order chi connectivity index (χ0) is 17.8. The van der Waals surface area contributed by atoms with Crippen LogP contribution in [0.2, 0.25) is 0 Å². The summed E-state index contributed by atoms with van der Waals surface area (Å²) in [6.07, 6.45) is 0.241. The number of nitrogens with zero attached hydrogens (tertiary/aromatic N) is 2. The van der Waals surface area contributed by atoms with Gasteiger partial charge in [0.1, 0.15) is 12.1 Å². The lowest BCUT2D eigenvalue weighted by atomic mass is 10.1. The molecule has 2 aromatic carbocycles. The Morgan fingerprint density at radius 3 is 2.68 bits per heavy atom. The molecule has 0 aliphatic carbocycles. The Morgan fingerprint density at radius 2 is 1.92 bits per heavy atom. The highest BCUT2D eigenvalue weighted by Gasteiger charge is 2.11. The van der Waals surface area contributed by atoms with E-state index in [1.54, 1.807) is 36.4 Å². The lowest BCUT2D eigenvalue weighted by molar-refractivity contribution is 0.100. The molecule has 3 rings (SSSR count). The summed E-state index contributed by atoms with van der Waals surface area (Å²) in [5.41, 5.74) is 7.53. The van der Waals surface area contributed by atoms with Gasteiger partial charge in [-0.25, -0.2) is 14.8 Å². The minimum atomic E-state index is -1.12. The number of benzene rings is 2. The Balaban J connectivity index is 1.86. The molecule has 0 saturated carbocycles. The van der Waals surface area contributed by atoms with E-state index in [-0.39, 0.29) is 0 Å². The summed E-state index contributed by atoms with van der Waals surface area (Å²) >= 11 is 0. The second kappa shape index (κ2) is 6.83. The van der Waals surface area contributed by atoms with Crippen molar-refractivity contribution in [2.45, 2.75) is 6.54 Å². The van der Waals surface area contributed by atoms with E-state index < -0.39 is 12.0 Å². The third-order valence-electron chi connectivity index (χ3n) is 3.57. The molecule has 0 aliphatic rings. The number of nitrogens with two attached hydrogens (primary N) is 1. The maximum Gasteiger partial charge on any atom is 0.409 e. The maximum absolute atomic E-state index is 11.5. The van der Waals surface area contributed by atoms with Crippen LogP contribution in [0, 0.1) is 0 Å². The van der Waals surface area contributed by atoms with E-state index in [0.717, 1.165) is 5.56 Å². The number of para-hydroxylation sites is 1. The van der Waals surface area contributed by atoms with Crippen LogP contribution in [0.25, 0.3) is 10.9 Å². The number of aromatic nitrogens is 2. The number of carbonyl (C=O) groups excluding carboxylic acids is 1. The Labute approximate surface area is 142 Å². The van der Waals surface area contributed by atoms with E-state index in [1.807, 2.05) is 6.07 Å². The average Bonchev–Trinajstić information content (AvgIpc) is 2.59. The lowest BCUT2D eigenvalue weighted by Crippen LogP contribution is -2.12. The van der Waals surface area contributed by atoms with Gasteiger partial charge in [0, 0.05) is 17.6 Å². The predicted molar refractivity (Wildman–Crippen MR) is 93.5 cm³/mol. The number of fused-ring (bicyclic) bond motifs is 1. The number of hydrogen-bond donors (Lipinski definition) is 4. The first-order valence-electron chi connectivity index (χ1n) is 7.41. The fraction of sp³-hybridized carbons (Fsp3) is 0.0588. The second-order valence-corrected chi connectivity index (χ2v) is 5.27. The highest BCUT2D eigenvalue weighted by Crippen LogP contribution is 2.22. The summed E-state index contributed by atoms with van der Waals surface area (Å²) in [4.78, 5) is 30.6. The van der Waals surface area contributed by atoms with Crippen LogP contribution in [0.4, 0.5) is 16.3 Å². The molecule has 0 bridgehead atoms. The third-order valence-corrected chi connectivity index (χ3v) is 3.57. The second-order valence-electron chi connectivity index (χ2n) is 5.27. The van der Waals surface area contributed by atoms with Gasteiger partial charge in [-0.05, 0) is 29.8 Å². The highest BCUT2D eigenvalue weighted by atomic mass is 16.4. The summed E-state index contributed by atoms with van der Waals surface area (Å²) in [6, 6.07) is 12.1. The molecule has 2 amide bonds. The van der Waals surface area contributed by atoms with Gasteiger partial charge in [0.15, 0.2) is 0 Å². The minimum Gasteiger partial charge on any atom is -0.465 e. The van der Waals surface area contributed by atoms with Crippen molar-refractivity contribution in [3.05, 3.63) is 59.9 Å². The number of amides is 2. The molecule has 0 spiro atoms. The first-order chi connectivity index (χ1) is 12.0. The molecule has 8 nitrogen and oxygen atoms in total. The zero-order valence-corrected chi connectivity index (χ0v) is 13.1. The topological polar surface area (TPSA) is 130 Å². The number of nitrogens with one attached hydrogen (secondary N) is 2. The van der Waals surface area contributed by atoms with Crippen molar-refractivity contribution < 1.29 is 14.7 Å². The van der Waals surface area contributed by atoms with E-state index in [9.17, 15) is 9.59 Å². The van der Waals surface area contributed by atoms with Crippen molar-refractivity contribution in [1.29, 1.82) is 0 Å². The first kappa shape index (κ1) is 16.2. The number of anilines is 2. The molecule has 0 atom stereocenters. The van der Waals surface area contributed by atoms with Crippen LogP contribution < -0.4 is 16.4 Å². The number of carbonyl (C=O) groups is 2. The number of carboxylic acid groups (broad SMARTS) is 1. The fourth-order valence-corrected chi connectivity index (χ4v) is 2.50. The summed E-state index contributed by atoms with van der Waals surface area (Å²) in [6.45, 7) is 0.419. The smallest absolute Gasteiger partial charge is 0.409 e. The van der Waals surface area contributed by atoms with Crippen LogP contribution in [0.5, 0.6) is 0 Å². The Hall–Kier alpha value is -3.68. The van der Waals surface area contributed by atoms with Crippen molar-refractivity contribution in [1.82, 2.24) is 9.97 Å². The van der Waals surface area contributed by atoms with Crippen molar-refractivity contribution in [2.24, 2.45) is 5.73 Å². The molecule has 1 heterocycles. The monoisotopic (exact) mass is 337 g/mol. The quantitative estimate of drug-likeness (QED) is 0.565. The molecule has 8 heteroatoms. The lowest BCUT2D eigenvalue weighted by Gasteiger charge is -2.10. The highest BCUT2D eigenvalue weighted by molar-refractivity contribution is 6.06. The molecule has 0 saturated heterocycles. The van der Waals surface area contributed by atoms with Gasteiger partial charge in [-0.2, -0.15) is 0 Å². The first-order valence-corrected chi connectivity index (χ1v) is 7.41. The van der Waals surface area contributed by atoms with Gasteiger partial charge in [-0.15, -0.1) is 0 Å². The summed E-state index contributed by atoms with van der Waals surface area (Å²) in [5.74, 6) is 0.00685. The van der Waals surface area contributed by atoms with Crippen LogP contribution in [0.15, 0.2) is 48.8 Å². The Bertz CT molecular complexity index is 958. The van der Waals surface area contributed by atoms with Crippen LogP contribution in [-0.4, -0.2) is 27.1 Å². The molecule has 0 unspecified atom stereocenters. The van der Waals surface area contributed by atoms with Crippen LogP contribution in [-0.2, 0) is 6.54 Å². The van der Waals surface area contributed by atoms with Gasteiger partial charge in [0.25, 0.3) is 5.91 Å². The maximum atomic E-state index is 11.5. The summed E-state index contributed by atoms with van der Waals surface area (Å²) in [7, 11) is 0. The molecule has 3 aromatic rings. The summed E-state index contributed by atoms with van der Waals surface area (Å²) < 4.78 is 0. The molecule has 126 valence electrons. The van der Waals surface area contributed by atoms with Gasteiger partial charge < -0.3 is 16.2 Å². The van der Waals surface area contributed by atoms with Crippen molar-refractivity contribution in [3.63, 3.8) is 0 Å². The SMILES string of the molecule is NC(=O)c1cccc2c(NCc3cccc(NC(=O)O)c3)ncnc12. The van der Waals surface area contributed by atoms with E-state index in [4.69, 9.17) is 10.8 Å². The normalized spacial score (nSPS) is 10.4. The fourth-order valence-electron chi connectivity index (χ4n) is 2.50. The van der Waals surface area contributed by atoms with Crippen molar-refractivity contribution in [3.8, 4) is 0 Å². The van der Waals surface area contributed by atoms with Gasteiger partial charge in [0.2, 0.25) is 0 Å². The van der Waals surface area contributed by atoms with Gasteiger partial charge >= 0.3 is 6.09 Å². The van der Waals surface area contributed by atoms with Gasteiger partial charge in [0.05, 0.1) is 11.1 Å². The molecule has 1 aromatic heterocycles. The van der Waals surface area contributed by atoms with Crippen LogP contribution in [0.3, 0.4) is 0 Å². The standard InChI is InChI=1S/C17H15N5O3/c18-15(23)12-5-2-6-13-14(12)20-9-21-16(13)19-8-10-3-1-4-11(7-10)22-17(24)25/h1-7,9,22H,8H2,(H2,18,23)(H,24,25)(H,19,20,21). The molecular formula is C17H15N5O3. The zero-order valence-electron chi connectivity index (χ0n) is 13.1. The van der Waals surface area contributed by atoms with Crippen LogP contribution in [0.1, 0.15) is 15.9 Å². The van der Waals surface area contributed by atoms with E-state index in [1.165, 1.54) is 6.33 Å². The van der Waals surface area contributed by atoms with Gasteiger partial charge in [-0.3, -0.25) is 10.1 Å². The molecular weight excluding hydrogens is 322 g/mol. The van der Waals surface area contributed by atoms with Crippen molar-refractivity contribution in [2.75, 3.05) is 10.6 Å². The Kier molecular flexibility index (Phi) is 4.42. The van der Waals surface area contributed by atoms with Gasteiger partial charge in [-0.1, -0.05) is 18.2 Å². The minimum absolute atomic E-state index is 0.329. The molecule has 25 heavy (non-hydrogen) atoms.